The van der Waals surface area contributed by atoms with E-state index in [4.69, 9.17) is 0 Å². The van der Waals surface area contributed by atoms with Crippen LogP contribution < -0.4 is 4.72 Å². The van der Waals surface area contributed by atoms with Gasteiger partial charge in [-0.1, -0.05) is 11.9 Å². The lowest BCUT2D eigenvalue weighted by atomic mass is 10.2. The third kappa shape index (κ3) is 4.28. The van der Waals surface area contributed by atoms with E-state index in [-0.39, 0.29) is 11.3 Å². The lowest BCUT2D eigenvalue weighted by Crippen LogP contribution is -2.15. The zero-order valence-electron chi connectivity index (χ0n) is 9.89. The average molecular weight is 290 g/mol. The van der Waals surface area contributed by atoms with Crippen LogP contribution in [0.2, 0.25) is 0 Å². The van der Waals surface area contributed by atoms with Crippen LogP contribution in [0.25, 0.3) is 0 Å². The van der Waals surface area contributed by atoms with Crippen molar-refractivity contribution in [3.63, 3.8) is 0 Å². The Bertz CT molecular complexity index is 477. The molecule has 1 rings (SSSR count). The minimum Gasteiger partial charge on any atom is -0.256 e. The molecule has 0 aromatic carbocycles. The summed E-state index contributed by atoms with van der Waals surface area (Å²) in [7, 11) is -3.20. The maximum Gasteiger partial charge on any atom is 0.185 e. The normalized spacial score (nSPS) is 14.2. The SMILES string of the molecule is [CH2]C([CH2])SNC([CH2])c1cc(C)sc1S(C)(=O)=O. The van der Waals surface area contributed by atoms with Gasteiger partial charge in [0, 0.05) is 22.4 Å². The number of nitrogens with one attached hydrogen (secondary N) is 1. The summed E-state index contributed by atoms with van der Waals surface area (Å²) in [5.41, 5.74) is 0.711. The first-order valence-electron chi connectivity index (χ1n) is 4.92. The Labute approximate surface area is 112 Å². The van der Waals surface area contributed by atoms with Gasteiger partial charge in [-0.25, -0.2) is 8.42 Å². The molecular weight excluding hydrogens is 274 g/mol. The maximum absolute atomic E-state index is 11.6. The highest BCUT2D eigenvalue weighted by Gasteiger charge is 2.21. The van der Waals surface area contributed by atoms with Crippen molar-refractivity contribution >= 4 is 33.1 Å². The second-order valence-electron chi connectivity index (χ2n) is 3.78. The van der Waals surface area contributed by atoms with Crippen molar-refractivity contribution in [3.8, 4) is 0 Å². The van der Waals surface area contributed by atoms with Gasteiger partial charge in [0.1, 0.15) is 4.21 Å². The Hall–Kier alpha value is -0.0400. The van der Waals surface area contributed by atoms with E-state index in [1.807, 2.05) is 13.0 Å². The quantitative estimate of drug-likeness (QED) is 0.847. The zero-order chi connectivity index (χ0) is 13.2. The molecule has 1 heterocycles. The van der Waals surface area contributed by atoms with Gasteiger partial charge in [0.15, 0.2) is 9.84 Å². The summed E-state index contributed by atoms with van der Waals surface area (Å²) in [5, 5.41) is -0.0688. The summed E-state index contributed by atoms with van der Waals surface area (Å²) in [5.74, 6) is 0. The van der Waals surface area contributed by atoms with Crippen molar-refractivity contribution in [2.24, 2.45) is 0 Å². The number of hydrogen-bond donors (Lipinski definition) is 1. The van der Waals surface area contributed by atoms with Crippen LogP contribution in [0.5, 0.6) is 0 Å². The molecule has 0 saturated carbocycles. The second kappa shape index (κ2) is 5.73. The first-order valence-corrected chi connectivity index (χ1v) is 8.51. The fourth-order valence-electron chi connectivity index (χ4n) is 1.29. The Morgan fingerprint density at radius 3 is 2.47 bits per heavy atom. The summed E-state index contributed by atoms with van der Waals surface area (Å²) in [6.45, 7) is 13.3. The first kappa shape index (κ1) is 15.0. The van der Waals surface area contributed by atoms with Gasteiger partial charge in [0.05, 0.1) is 0 Å². The van der Waals surface area contributed by atoms with E-state index in [9.17, 15) is 8.42 Å². The predicted octanol–water partition coefficient (Wildman–Crippen LogP) is 2.61. The van der Waals surface area contributed by atoms with Gasteiger partial charge in [-0.2, -0.15) is 0 Å². The van der Waals surface area contributed by atoms with Crippen molar-refractivity contribution in [2.75, 3.05) is 6.26 Å². The third-order valence-corrected chi connectivity index (χ3v) is 5.62. The first-order chi connectivity index (χ1) is 7.71. The maximum atomic E-state index is 11.6. The molecule has 0 aliphatic carbocycles. The molecule has 3 radical (unpaired) electrons. The lowest BCUT2D eigenvalue weighted by Gasteiger charge is -2.14. The van der Waals surface area contributed by atoms with Crippen LogP contribution in [0, 0.1) is 27.7 Å². The van der Waals surface area contributed by atoms with Gasteiger partial charge in [0.25, 0.3) is 0 Å². The lowest BCUT2D eigenvalue weighted by molar-refractivity contribution is 0.602. The van der Waals surface area contributed by atoms with Crippen LogP contribution in [-0.4, -0.2) is 19.9 Å². The zero-order valence-corrected chi connectivity index (χ0v) is 12.3. The number of rotatable bonds is 5. The Balaban J connectivity index is 2.97. The molecule has 1 atom stereocenters. The fourth-order valence-corrected chi connectivity index (χ4v) is 4.20. The molecule has 1 N–H and O–H groups in total. The smallest absolute Gasteiger partial charge is 0.185 e. The van der Waals surface area contributed by atoms with Crippen molar-refractivity contribution in [1.29, 1.82) is 0 Å². The number of hydrogen-bond acceptors (Lipinski definition) is 5. The Morgan fingerprint density at radius 1 is 1.41 bits per heavy atom. The second-order valence-corrected chi connectivity index (χ2v) is 8.39. The molecule has 0 amide bonds. The minimum atomic E-state index is -3.20. The van der Waals surface area contributed by atoms with Crippen LogP contribution in [0.15, 0.2) is 10.3 Å². The molecular formula is C11H16NO2S3. The predicted molar refractivity (Wildman–Crippen MR) is 75.5 cm³/mol. The molecule has 0 aliphatic rings. The average Bonchev–Trinajstić information content (AvgIpc) is 2.56. The highest BCUT2D eigenvalue weighted by Crippen LogP contribution is 2.31. The fraction of sp³-hybridized carbons (Fsp3) is 0.364. The van der Waals surface area contributed by atoms with Crippen LogP contribution >= 0.6 is 23.3 Å². The molecule has 3 nitrogen and oxygen atoms in total. The van der Waals surface area contributed by atoms with E-state index >= 15 is 0 Å². The topological polar surface area (TPSA) is 46.2 Å². The van der Waals surface area contributed by atoms with Crippen LogP contribution in [0.1, 0.15) is 16.5 Å². The molecule has 1 aromatic heterocycles. The molecule has 0 saturated heterocycles. The molecule has 95 valence electrons. The van der Waals surface area contributed by atoms with Gasteiger partial charge >= 0.3 is 0 Å². The van der Waals surface area contributed by atoms with Crippen LogP contribution in [-0.2, 0) is 9.84 Å². The van der Waals surface area contributed by atoms with E-state index in [1.165, 1.54) is 29.5 Å². The molecule has 0 bridgehead atoms. The molecule has 17 heavy (non-hydrogen) atoms. The molecule has 6 heteroatoms. The van der Waals surface area contributed by atoms with E-state index in [2.05, 4.69) is 25.5 Å². The third-order valence-electron chi connectivity index (χ3n) is 1.94. The summed E-state index contributed by atoms with van der Waals surface area (Å²) in [6, 6.07) is 1.56. The Kier molecular flexibility index (Phi) is 5.07. The molecule has 1 unspecified atom stereocenters. The van der Waals surface area contributed by atoms with E-state index < -0.39 is 9.84 Å². The Morgan fingerprint density at radius 2 is 2.00 bits per heavy atom. The van der Waals surface area contributed by atoms with Gasteiger partial charge in [-0.3, -0.25) is 4.72 Å². The molecule has 1 aromatic rings. The van der Waals surface area contributed by atoms with Crippen LogP contribution in [0.3, 0.4) is 0 Å². The van der Waals surface area contributed by atoms with Crippen molar-refractivity contribution in [2.45, 2.75) is 22.4 Å². The largest absolute Gasteiger partial charge is 0.256 e. The standard InChI is InChI=1S/C11H16NO2S3/c1-7(2)16-12-9(4)10-6-8(3)15-11(10)17(5,13)14/h6-7,9,12H,1-2,4H2,3,5H3. The monoisotopic (exact) mass is 290 g/mol. The molecule has 0 fully saturated rings. The molecule has 0 aliphatic heterocycles. The van der Waals surface area contributed by atoms with Gasteiger partial charge in [-0.15, -0.1) is 11.3 Å². The number of thiophene rings is 1. The number of aryl methyl sites for hydroxylation is 1. The van der Waals surface area contributed by atoms with Crippen molar-refractivity contribution in [3.05, 3.63) is 37.3 Å². The van der Waals surface area contributed by atoms with Gasteiger partial charge in [-0.05, 0) is 39.3 Å². The summed E-state index contributed by atoms with van der Waals surface area (Å²) >= 11 is 2.61. The molecule has 0 spiro atoms. The summed E-state index contributed by atoms with van der Waals surface area (Å²) in [6.07, 6.45) is 1.22. The van der Waals surface area contributed by atoms with Crippen molar-refractivity contribution in [1.82, 2.24) is 4.72 Å². The summed E-state index contributed by atoms with van der Waals surface area (Å²) in [4.78, 5) is 0.960. The van der Waals surface area contributed by atoms with E-state index in [1.54, 1.807) is 0 Å². The minimum absolute atomic E-state index is 0.0688. The summed E-state index contributed by atoms with van der Waals surface area (Å²) < 4.78 is 26.7. The van der Waals surface area contributed by atoms with Gasteiger partial charge < -0.3 is 0 Å². The van der Waals surface area contributed by atoms with E-state index in [0.717, 1.165) is 4.88 Å². The highest BCUT2D eigenvalue weighted by molar-refractivity contribution is 7.98. The van der Waals surface area contributed by atoms with Gasteiger partial charge in [0.2, 0.25) is 0 Å². The number of sulfone groups is 1. The van der Waals surface area contributed by atoms with E-state index in [0.29, 0.717) is 9.77 Å². The van der Waals surface area contributed by atoms with Crippen molar-refractivity contribution < 1.29 is 8.42 Å². The highest BCUT2D eigenvalue weighted by atomic mass is 32.2. The van der Waals surface area contributed by atoms with Crippen LogP contribution in [0.4, 0.5) is 0 Å².